The van der Waals surface area contributed by atoms with Crippen LogP contribution in [0, 0.1) is 11.8 Å². The molecule has 2 heteroatoms. The zero-order chi connectivity index (χ0) is 42.0. The van der Waals surface area contributed by atoms with E-state index in [-0.39, 0.29) is 23.9 Å². The van der Waals surface area contributed by atoms with Crippen molar-refractivity contribution in [2.24, 2.45) is 16.8 Å². The number of dihydropyridines is 1. The molecule has 5 atom stereocenters. The molecule has 12 rings (SSSR count). The summed E-state index contributed by atoms with van der Waals surface area (Å²) in [6.45, 7) is 4.67. The van der Waals surface area contributed by atoms with Crippen molar-refractivity contribution in [1.29, 1.82) is 0 Å². The van der Waals surface area contributed by atoms with Gasteiger partial charge in [0.1, 0.15) is 0 Å². The Bertz CT molecular complexity index is 3250. The first-order valence-electron chi connectivity index (χ1n) is 23.0. The number of hydrogen-bond donors (Lipinski definition) is 0. The average Bonchev–Trinajstić information content (AvgIpc) is 3.54. The summed E-state index contributed by atoms with van der Waals surface area (Å²) < 4.78 is 0. The number of rotatable bonds is 6. The summed E-state index contributed by atoms with van der Waals surface area (Å²) in [6.07, 6.45) is 17.9. The molecule has 0 fully saturated rings. The lowest BCUT2D eigenvalue weighted by Crippen LogP contribution is -2.29. The Balaban J connectivity index is 1.04. The monoisotopic (exact) mass is 810 g/mol. The fourth-order valence-electron chi connectivity index (χ4n) is 11.3. The Hall–Kier alpha value is -7.03. The molecule has 8 aromatic rings. The SMILES string of the molecule is CC[C@@H]1C(c2ccccc2)=CC(c2ccc3c(c2)c2c(c4cccc(C5=CC6C(C=C5)c5ccccc5N6c5ccc6ccccc6c5)c43)C=C[C@H](C)CC2)=NC1c1ccccc1. The fraction of sp³-hybridized carbons (Fsp3) is 0.164. The van der Waals surface area contributed by atoms with Crippen LogP contribution in [-0.2, 0) is 6.42 Å². The quantitative estimate of drug-likeness (QED) is 0.153. The predicted octanol–water partition coefficient (Wildman–Crippen LogP) is 15.7. The van der Waals surface area contributed by atoms with Gasteiger partial charge in [-0.05, 0) is 132 Å². The second-order valence-electron chi connectivity index (χ2n) is 18.1. The number of aliphatic imine (C=N–C) groups is 1. The standard InChI is InChI=1S/C61H50N2/c1-3-47-55(41-16-6-4-7-17-41)38-57(62-61(47)42-18-8-5-9-19-42)45-29-34-54-56(36-45)50-32-26-39(2)25-31-49(50)53-23-14-22-48(60(53)54)44-28-33-52-51-21-12-13-24-58(51)63(59(52)37-44)46-30-27-40-15-10-11-20-43(40)35-46/h4-25,27-31,33-39,47,52,59,61H,3,26,32H2,1-2H3/t39-,47+,52?,59?,61?/m0/s1. The van der Waals surface area contributed by atoms with Crippen LogP contribution in [0.1, 0.15) is 77.6 Å². The lowest BCUT2D eigenvalue weighted by atomic mass is 9.78. The molecule has 0 aromatic heterocycles. The van der Waals surface area contributed by atoms with Crippen molar-refractivity contribution in [2.45, 2.75) is 51.1 Å². The van der Waals surface area contributed by atoms with Gasteiger partial charge in [-0.2, -0.15) is 0 Å². The maximum absolute atomic E-state index is 5.65. The molecule has 2 heterocycles. The lowest BCUT2D eigenvalue weighted by molar-refractivity contribution is 0.519. The second-order valence-corrected chi connectivity index (χ2v) is 18.1. The molecule has 2 aliphatic heterocycles. The molecule has 8 aromatic carbocycles. The highest BCUT2D eigenvalue weighted by molar-refractivity contribution is 6.20. The summed E-state index contributed by atoms with van der Waals surface area (Å²) >= 11 is 0. The maximum atomic E-state index is 5.65. The van der Waals surface area contributed by atoms with E-state index in [0.29, 0.717) is 5.92 Å². The number of aryl methyl sites for hydroxylation is 1. The van der Waals surface area contributed by atoms with E-state index < -0.39 is 0 Å². The van der Waals surface area contributed by atoms with Gasteiger partial charge >= 0.3 is 0 Å². The van der Waals surface area contributed by atoms with Gasteiger partial charge in [-0.3, -0.25) is 4.99 Å². The van der Waals surface area contributed by atoms with E-state index in [1.807, 2.05) is 0 Å². The van der Waals surface area contributed by atoms with Gasteiger partial charge in [-0.15, -0.1) is 0 Å². The third-order valence-corrected chi connectivity index (χ3v) is 14.4. The first-order valence-corrected chi connectivity index (χ1v) is 23.0. The number of benzene rings is 8. The zero-order valence-electron chi connectivity index (χ0n) is 36.0. The van der Waals surface area contributed by atoms with E-state index in [2.05, 4.69) is 219 Å². The molecule has 304 valence electrons. The van der Waals surface area contributed by atoms with Gasteiger partial charge in [0.2, 0.25) is 0 Å². The second kappa shape index (κ2) is 15.4. The molecule has 0 saturated carbocycles. The number of allylic oxidation sites excluding steroid dienone is 4. The van der Waals surface area contributed by atoms with E-state index in [0.717, 1.165) is 25.0 Å². The Morgan fingerprint density at radius 2 is 1.44 bits per heavy atom. The van der Waals surface area contributed by atoms with E-state index in [4.69, 9.17) is 4.99 Å². The summed E-state index contributed by atoms with van der Waals surface area (Å²) in [5.41, 5.74) is 15.5. The van der Waals surface area contributed by atoms with Crippen LogP contribution >= 0.6 is 0 Å². The first kappa shape index (κ1) is 37.7. The van der Waals surface area contributed by atoms with Crippen LogP contribution in [0.3, 0.4) is 0 Å². The van der Waals surface area contributed by atoms with Crippen LogP contribution in [0.25, 0.3) is 49.5 Å². The van der Waals surface area contributed by atoms with E-state index in [9.17, 15) is 0 Å². The smallest absolute Gasteiger partial charge is 0.0825 e. The molecule has 0 bridgehead atoms. The van der Waals surface area contributed by atoms with E-state index in [1.165, 1.54) is 93.8 Å². The third kappa shape index (κ3) is 6.34. The Morgan fingerprint density at radius 3 is 2.30 bits per heavy atom. The average molecular weight is 811 g/mol. The van der Waals surface area contributed by atoms with Crippen LogP contribution < -0.4 is 4.90 Å². The van der Waals surface area contributed by atoms with Crippen molar-refractivity contribution >= 4 is 66.6 Å². The summed E-state index contributed by atoms with van der Waals surface area (Å²) in [6, 6.07) is 61.0. The minimum Gasteiger partial charge on any atom is -0.333 e. The Kier molecular flexibility index (Phi) is 9.22. The molecule has 0 saturated heterocycles. The summed E-state index contributed by atoms with van der Waals surface area (Å²) in [5, 5.41) is 7.86. The minimum atomic E-state index is 0.0379. The van der Waals surface area contributed by atoms with Gasteiger partial charge in [0.05, 0.1) is 17.8 Å². The number of fused-ring (bicyclic) bond motifs is 10. The normalized spacial score (nSPS) is 21.4. The molecule has 2 aliphatic carbocycles. The molecule has 0 N–H and O–H groups in total. The van der Waals surface area contributed by atoms with Crippen molar-refractivity contribution in [3.63, 3.8) is 0 Å². The van der Waals surface area contributed by atoms with E-state index in [1.54, 1.807) is 0 Å². The molecule has 0 amide bonds. The number of hydrogen-bond acceptors (Lipinski definition) is 2. The number of anilines is 2. The topological polar surface area (TPSA) is 15.6 Å². The minimum absolute atomic E-state index is 0.0379. The molecule has 0 spiro atoms. The van der Waals surface area contributed by atoms with Crippen molar-refractivity contribution in [1.82, 2.24) is 0 Å². The van der Waals surface area contributed by atoms with Crippen LogP contribution in [0.5, 0.6) is 0 Å². The fourth-order valence-corrected chi connectivity index (χ4v) is 11.3. The third-order valence-electron chi connectivity index (χ3n) is 14.4. The van der Waals surface area contributed by atoms with Crippen LogP contribution in [0.15, 0.2) is 199 Å². The highest BCUT2D eigenvalue weighted by Gasteiger charge is 2.39. The highest BCUT2D eigenvalue weighted by Crippen LogP contribution is 2.51. The molecule has 0 radical (unpaired) electrons. The van der Waals surface area contributed by atoms with Gasteiger partial charge in [0.25, 0.3) is 0 Å². The lowest BCUT2D eigenvalue weighted by Gasteiger charge is -2.31. The Morgan fingerprint density at radius 1 is 0.651 bits per heavy atom. The van der Waals surface area contributed by atoms with Crippen molar-refractivity contribution < 1.29 is 0 Å². The van der Waals surface area contributed by atoms with Crippen molar-refractivity contribution in [2.75, 3.05) is 4.90 Å². The van der Waals surface area contributed by atoms with Crippen molar-refractivity contribution in [3.05, 3.63) is 233 Å². The number of nitrogens with zero attached hydrogens (tertiary/aromatic N) is 2. The van der Waals surface area contributed by atoms with Gasteiger partial charge in [0, 0.05) is 28.8 Å². The van der Waals surface area contributed by atoms with E-state index >= 15 is 0 Å². The van der Waals surface area contributed by atoms with Crippen LogP contribution in [0.4, 0.5) is 11.4 Å². The van der Waals surface area contributed by atoms with Gasteiger partial charge < -0.3 is 4.90 Å². The Labute approximate surface area is 371 Å². The van der Waals surface area contributed by atoms with Gasteiger partial charge in [0.15, 0.2) is 0 Å². The number of para-hydroxylation sites is 1. The van der Waals surface area contributed by atoms with Gasteiger partial charge in [-0.1, -0.05) is 184 Å². The molecule has 3 unspecified atom stereocenters. The molecule has 2 nitrogen and oxygen atoms in total. The first-order chi connectivity index (χ1) is 31.1. The van der Waals surface area contributed by atoms with Gasteiger partial charge in [-0.25, -0.2) is 0 Å². The van der Waals surface area contributed by atoms with Crippen LogP contribution in [0.2, 0.25) is 0 Å². The predicted molar refractivity (Wildman–Crippen MR) is 268 cm³/mol. The van der Waals surface area contributed by atoms with Crippen molar-refractivity contribution in [3.8, 4) is 0 Å². The summed E-state index contributed by atoms with van der Waals surface area (Å²) in [7, 11) is 0. The molecular formula is C61H50N2. The molecule has 63 heavy (non-hydrogen) atoms. The molecular weight excluding hydrogens is 761 g/mol. The largest absolute Gasteiger partial charge is 0.333 e. The van der Waals surface area contributed by atoms with Crippen LogP contribution in [-0.4, -0.2) is 11.8 Å². The highest BCUT2D eigenvalue weighted by atomic mass is 15.2. The summed E-state index contributed by atoms with van der Waals surface area (Å²) in [5.74, 6) is 1.06. The zero-order valence-corrected chi connectivity index (χ0v) is 36.0. The molecule has 4 aliphatic rings. The maximum Gasteiger partial charge on any atom is 0.0825 e. The summed E-state index contributed by atoms with van der Waals surface area (Å²) in [4.78, 5) is 8.23.